The first-order chi connectivity index (χ1) is 8.86. The van der Waals surface area contributed by atoms with Gasteiger partial charge < -0.3 is 10.1 Å². The maximum absolute atomic E-state index is 6.60. The summed E-state index contributed by atoms with van der Waals surface area (Å²) in [4.78, 5) is 0. The molecule has 1 spiro atoms. The Hall–Kier alpha value is -0.860. The van der Waals surface area contributed by atoms with Gasteiger partial charge >= 0.3 is 0 Å². The quantitative estimate of drug-likeness (QED) is 0.756. The van der Waals surface area contributed by atoms with Crippen molar-refractivity contribution in [2.75, 3.05) is 6.54 Å². The van der Waals surface area contributed by atoms with Gasteiger partial charge in [-0.15, -0.1) is 0 Å². The lowest BCUT2D eigenvalue weighted by atomic mass is 9.82. The normalized spacial score (nSPS) is 33.1. The zero-order valence-corrected chi connectivity index (χ0v) is 10.8. The summed E-state index contributed by atoms with van der Waals surface area (Å²) in [5.74, 6) is 0. The van der Waals surface area contributed by atoms with Gasteiger partial charge in [0.15, 0.2) is 0 Å². The minimum absolute atomic E-state index is 0.136. The average molecular weight is 243 g/mol. The second kappa shape index (κ2) is 4.07. The number of hydrogen-bond donors (Lipinski definition) is 1. The van der Waals surface area contributed by atoms with E-state index >= 15 is 0 Å². The average Bonchev–Trinajstić information content (AvgIpc) is 2.78. The van der Waals surface area contributed by atoms with Crippen LogP contribution >= 0.6 is 0 Å². The van der Waals surface area contributed by atoms with Gasteiger partial charge in [-0.3, -0.25) is 0 Å². The molecule has 0 bridgehead atoms. The molecule has 1 aliphatic heterocycles. The molecule has 2 fully saturated rings. The molecular formula is C16H21NO. The van der Waals surface area contributed by atoms with Crippen LogP contribution in [-0.4, -0.2) is 18.2 Å². The van der Waals surface area contributed by atoms with E-state index < -0.39 is 0 Å². The first-order valence-corrected chi connectivity index (χ1v) is 7.35. The molecule has 2 unspecified atom stereocenters. The molecule has 2 heteroatoms. The SMILES string of the molecule is c1ccc2c(c1)CC1NCC3(CCCCC3)OC21. The van der Waals surface area contributed by atoms with Crippen LogP contribution in [0.15, 0.2) is 24.3 Å². The highest BCUT2D eigenvalue weighted by Crippen LogP contribution is 2.44. The molecule has 1 aromatic carbocycles. The Morgan fingerprint density at radius 1 is 1.11 bits per heavy atom. The highest BCUT2D eigenvalue weighted by Gasteiger charge is 2.45. The Morgan fingerprint density at radius 3 is 2.83 bits per heavy atom. The number of fused-ring (bicyclic) bond motifs is 3. The van der Waals surface area contributed by atoms with Gasteiger partial charge in [-0.25, -0.2) is 0 Å². The minimum Gasteiger partial charge on any atom is -0.364 e. The first kappa shape index (κ1) is 11.0. The molecule has 1 aromatic rings. The highest BCUT2D eigenvalue weighted by atomic mass is 16.5. The lowest BCUT2D eigenvalue weighted by molar-refractivity contribution is -0.149. The molecule has 0 aromatic heterocycles. The number of hydrogen-bond acceptors (Lipinski definition) is 2. The van der Waals surface area contributed by atoms with Crippen molar-refractivity contribution >= 4 is 0 Å². The minimum atomic E-state index is 0.136. The van der Waals surface area contributed by atoms with Crippen molar-refractivity contribution in [1.82, 2.24) is 5.32 Å². The molecule has 2 atom stereocenters. The fraction of sp³-hybridized carbons (Fsp3) is 0.625. The van der Waals surface area contributed by atoms with Crippen molar-refractivity contribution in [3.8, 4) is 0 Å². The van der Waals surface area contributed by atoms with Crippen LogP contribution in [0.1, 0.15) is 49.3 Å². The van der Waals surface area contributed by atoms with Crippen LogP contribution in [0.5, 0.6) is 0 Å². The summed E-state index contributed by atoms with van der Waals surface area (Å²) in [7, 11) is 0. The summed E-state index contributed by atoms with van der Waals surface area (Å²) >= 11 is 0. The molecule has 1 N–H and O–H groups in total. The van der Waals surface area contributed by atoms with Gasteiger partial charge in [0, 0.05) is 12.6 Å². The Bertz CT molecular complexity index is 450. The molecule has 1 saturated heterocycles. The fourth-order valence-corrected chi connectivity index (χ4v) is 4.00. The Labute approximate surface area is 109 Å². The van der Waals surface area contributed by atoms with Crippen molar-refractivity contribution in [2.45, 2.75) is 56.3 Å². The number of morpholine rings is 1. The lowest BCUT2D eigenvalue weighted by Gasteiger charge is -2.46. The van der Waals surface area contributed by atoms with Gasteiger partial charge in [0.2, 0.25) is 0 Å². The van der Waals surface area contributed by atoms with Crippen LogP contribution in [0.3, 0.4) is 0 Å². The molecule has 18 heavy (non-hydrogen) atoms. The van der Waals surface area contributed by atoms with Crippen LogP contribution in [0.25, 0.3) is 0 Å². The highest BCUT2D eigenvalue weighted by molar-refractivity contribution is 5.37. The van der Waals surface area contributed by atoms with Crippen LogP contribution in [-0.2, 0) is 11.2 Å². The van der Waals surface area contributed by atoms with E-state index in [0.717, 1.165) is 13.0 Å². The number of rotatable bonds is 0. The van der Waals surface area contributed by atoms with E-state index in [4.69, 9.17) is 4.74 Å². The zero-order chi connectivity index (χ0) is 12.0. The van der Waals surface area contributed by atoms with Gasteiger partial charge in [-0.2, -0.15) is 0 Å². The van der Waals surface area contributed by atoms with Crippen LogP contribution < -0.4 is 5.32 Å². The first-order valence-electron chi connectivity index (χ1n) is 7.35. The Morgan fingerprint density at radius 2 is 1.94 bits per heavy atom. The molecule has 0 amide bonds. The van der Waals surface area contributed by atoms with Crippen molar-refractivity contribution < 1.29 is 4.74 Å². The van der Waals surface area contributed by atoms with Crippen LogP contribution in [0.4, 0.5) is 0 Å². The van der Waals surface area contributed by atoms with Gasteiger partial charge in [-0.1, -0.05) is 43.5 Å². The summed E-state index contributed by atoms with van der Waals surface area (Å²) in [6, 6.07) is 9.31. The number of ether oxygens (including phenoxy) is 1. The van der Waals surface area contributed by atoms with Gasteiger partial charge in [-0.05, 0) is 30.4 Å². The molecule has 3 aliphatic rings. The monoisotopic (exact) mass is 243 g/mol. The van der Waals surface area contributed by atoms with Gasteiger partial charge in [0.05, 0.1) is 11.7 Å². The van der Waals surface area contributed by atoms with Crippen molar-refractivity contribution in [2.24, 2.45) is 0 Å². The molecule has 4 rings (SSSR count). The second-order valence-corrected chi connectivity index (χ2v) is 6.17. The Balaban J connectivity index is 1.63. The van der Waals surface area contributed by atoms with E-state index in [2.05, 4.69) is 29.6 Å². The number of benzene rings is 1. The van der Waals surface area contributed by atoms with E-state index in [-0.39, 0.29) is 5.60 Å². The third-order valence-corrected chi connectivity index (χ3v) is 5.00. The maximum Gasteiger partial charge on any atom is 0.0991 e. The van der Waals surface area contributed by atoms with Crippen LogP contribution in [0.2, 0.25) is 0 Å². The molecule has 1 heterocycles. The molecule has 96 valence electrons. The summed E-state index contributed by atoms with van der Waals surface area (Å²) in [5.41, 5.74) is 3.05. The molecule has 2 nitrogen and oxygen atoms in total. The van der Waals surface area contributed by atoms with Gasteiger partial charge in [0.25, 0.3) is 0 Å². The van der Waals surface area contributed by atoms with Crippen molar-refractivity contribution in [3.63, 3.8) is 0 Å². The Kier molecular flexibility index (Phi) is 2.49. The summed E-state index contributed by atoms with van der Waals surface area (Å²) in [6.07, 6.45) is 7.97. The van der Waals surface area contributed by atoms with E-state index in [0.29, 0.717) is 12.1 Å². The van der Waals surface area contributed by atoms with Crippen molar-refractivity contribution in [3.05, 3.63) is 35.4 Å². The smallest absolute Gasteiger partial charge is 0.0991 e. The maximum atomic E-state index is 6.60. The third-order valence-electron chi connectivity index (χ3n) is 5.00. The summed E-state index contributed by atoms with van der Waals surface area (Å²) < 4.78 is 6.60. The predicted molar refractivity (Wildman–Crippen MR) is 71.6 cm³/mol. The molecular weight excluding hydrogens is 222 g/mol. The lowest BCUT2D eigenvalue weighted by Crippen LogP contribution is -2.55. The predicted octanol–water partition coefficient (Wildman–Crippen LogP) is 2.98. The molecule has 1 saturated carbocycles. The van der Waals surface area contributed by atoms with E-state index in [1.165, 1.54) is 43.2 Å². The van der Waals surface area contributed by atoms with E-state index in [1.807, 2.05) is 0 Å². The van der Waals surface area contributed by atoms with Crippen LogP contribution in [0, 0.1) is 0 Å². The summed E-state index contributed by atoms with van der Waals surface area (Å²) in [6.45, 7) is 1.06. The van der Waals surface area contributed by atoms with E-state index in [1.54, 1.807) is 0 Å². The molecule has 2 aliphatic carbocycles. The standard InChI is InChI=1S/C16H21NO/c1-4-8-16(9-5-1)11-17-14-10-12-6-2-3-7-13(12)15(14)18-16/h2-3,6-7,14-15,17H,1,4-5,8-11H2. The third kappa shape index (κ3) is 1.63. The van der Waals surface area contributed by atoms with E-state index in [9.17, 15) is 0 Å². The molecule has 0 radical (unpaired) electrons. The van der Waals surface area contributed by atoms with Gasteiger partial charge in [0.1, 0.15) is 0 Å². The number of nitrogens with one attached hydrogen (secondary N) is 1. The summed E-state index contributed by atoms with van der Waals surface area (Å²) in [5, 5.41) is 3.76. The fourth-order valence-electron chi connectivity index (χ4n) is 4.00. The van der Waals surface area contributed by atoms with Crippen molar-refractivity contribution in [1.29, 1.82) is 0 Å². The largest absolute Gasteiger partial charge is 0.364 e. The second-order valence-electron chi connectivity index (χ2n) is 6.17. The topological polar surface area (TPSA) is 21.3 Å². The zero-order valence-electron chi connectivity index (χ0n) is 10.8.